The maximum Gasteiger partial charge on any atom is 0.323 e. The van der Waals surface area contributed by atoms with Crippen LogP contribution in [-0.2, 0) is 4.79 Å². The number of hydrogen-bond donors (Lipinski definition) is 2. The summed E-state index contributed by atoms with van der Waals surface area (Å²) in [5.74, 6) is -0.920. The predicted octanol–water partition coefficient (Wildman–Crippen LogP) is 0.205. The van der Waals surface area contributed by atoms with E-state index in [1.807, 2.05) is 0 Å². The monoisotopic (exact) mass is 243 g/mol. The van der Waals surface area contributed by atoms with Gasteiger partial charge in [0, 0.05) is 32.2 Å². The van der Waals surface area contributed by atoms with Gasteiger partial charge < -0.3 is 15.7 Å². The molecule has 0 aliphatic carbocycles. The molecule has 0 saturated carbocycles. The van der Waals surface area contributed by atoms with Crippen LogP contribution in [0.4, 0.5) is 0 Å². The molecule has 0 bridgehead atoms. The highest BCUT2D eigenvalue weighted by atomic mass is 16.4. The van der Waals surface area contributed by atoms with Crippen LogP contribution >= 0.6 is 0 Å². The minimum absolute atomic E-state index is 0.222. The molecule has 0 amide bonds. The first kappa shape index (κ1) is 14.4. The number of piperazine rings is 1. The maximum atomic E-state index is 11.0. The summed E-state index contributed by atoms with van der Waals surface area (Å²) in [5, 5.41) is 9.02. The topological polar surface area (TPSA) is 69.8 Å². The molecule has 0 aromatic carbocycles. The highest BCUT2D eigenvalue weighted by Gasteiger charge is 2.32. The van der Waals surface area contributed by atoms with Gasteiger partial charge in [0.25, 0.3) is 0 Å². The zero-order chi connectivity index (χ0) is 13.1. The third-order valence-corrected chi connectivity index (χ3v) is 3.69. The van der Waals surface area contributed by atoms with Gasteiger partial charge in [0.1, 0.15) is 5.54 Å². The van der Waals surface area contributed by atoms with E-state index in [0.717, 1.165) is 32.7 Å². The van der Waals surface area contributed by atoms with Gasteiger partial charge in [0.2, 0.25) is 0 Å². The molecule has 0 aromatic heterocycles. The Labute approximate surface area is 104 Å². The zero-order valence-corrected chi connectivity index (χ0v) is 11.1. The number of carboxylic acids is 1. The predicted molar refractivity (Wildman–Crippen MR) is 68.0 cm³/mol. The largest absolute Gasteiger partial charge is 0.480 e. The summed E-state index contributed by atoms with van der Waals surface area (Å²) in [4.78, 5) is 15.7. The van der Waals surface area contributed by atoms with Crippen molar-refractivity contribution in [3.63, 3.8) is 0 Å². The van der Waals surface area contributed by atoms with Crippen molar-refractivity contribution in [1.82, 2.24) is 9.80 Å². The molecule has 0 radical (unpaired) electrons. The smallest absolute Gasteiger partial charge is 0.323 e. The van der Waals surface area contributed by atoms with Crippen LogP contribution in [0.3, 0.4) is 0 Å². The lowest BCUT2D eigenvalue weighted by Crippen LogP contribution is -2.54. The van der Waals surface area contributed by atoms with Gasteiger partial charge >= 0.3 is 5.97 Å². The average Bonchev–Trinajstić information content (AvgIpc) is 2.28. The van der Waals surface area contributed by atoms with Gasteiger partial charge in [-0.25, -0.2) is 0 Å². The Morgan fingerprint density at radius 3 is 2.35 bits per heavy atom. The Morgan fingerprint density at radius 1 is 1.41 bits per heavy atom. The number of hydrogen-bond acceptors (Lipinski definition) is 4. The first-order valence-electron chi connectivity index (χ1n) is 6.35. The van der Waals surface area contributed by atoms with Crippen LogP contribution in [0.2, 0.25) is 0 Å². The molecule has 5 nitrogen and oxygen atoms in total. The summed E-state index contributed by atoms with van der Waals surface area (Å²) >= 11 is 0. The fourth-order valence-corrected chi connectivity index (χ4v) is 2.35. The van der Waals surface area contributed by atoms with Crippen molar-refractivity contribution < 1.29 is 9.90 Å². The summed E-state index contributed by atoms with van der Waals surface area (Å²) in [6.45, 7) is 11.1. The molecule has 2 atom stereocenters. The van der Waals surface area contributed by atoms with Crippen LogP contribution in [0.25, 0.3) is 0 Å². The van der Waals surface area contributed by atoms with Gasteiger partial charge in [-0.05, 0) is 26.8 Å². The molecule has 1 saturated heterocycles. The molecule has 2 unspecified atom stereocenters. The molecular weight excluding hydrogens is 218 g/mol. The van der Waals surface area contributed by atoms with Gasteiger partial charge in [0.15, 0.2) is 0 Å². The first-order valence-corrected chi connectivity index (χ1v) is 6.35. The minimum atomic E-state index is -1.12. The van der Waals surface area contributed by atoms with Crippen LogP contribution in [0.1, 0.15) is 27.2 Å². The van der Waals surface area contributed by atoms with Crippen molar-refractivity contribution in [1.29, 1.82) is 0 Å². The van der Waals surface area contributed by atoms with E-state index in [2.05, 4.69) is 23.6 Å². The summed E-state index contributed by atoms with van der Waals surface area (Å²) in [6.07, 6.45) is 0.495. The first-order chi connectivity index (χ1) is 7.86. The number of aliphatic carboxylic acids is 1. The number of carboxylic acid groups (broad SMARTS) is 1. The van der Waals surface area contributed by atoms with Crippen LogP contribution in [0.5, 0.6) is 0 Å². The lowest BCUT2D eigenvalue weighted by atomic mass is 9.94. The molecule has 17 heavy (non-hydrogen) atoms. The van der Waals surface area contributed by atoms with E-state index in [9.17, 15) is 4.79 Å². The minimum Gasteiger partial charge on any atom is -0.480 e. The third kappa shape index (κ3) is 3.94. The molecular formula is C12H25N3O2. The van der Waals surface area contributed by atoms with Crippen molar-refractivity contribution >= 4 is 5.97 Å². The maximum absolute atomic E-state index is 11.0. The molecule has 3 N–H and O–H groups in total. The van der Waals surface area contributed by atoms with E-state index in [4.69, 9.17) is 10.8 Å². The molecule has 100 valence electrons. The summed E-state index contributed by atoms with van der Waals surface area (Å²) in [7, 11) is 0. The van der Waals surface area contributed by atoms with E-state index >= 15 is 0 Å². The van der Waals surface area contributed by atoms with E-state index in [0.29, 0.717) is 6.42 Å². The number of nitrogens with zero attached hydrogens (tertiary/aromatic N) is 2. The Balaban J connectivity index is 2.44. The van der Waals surface area contributed by atoms with Crippen molar-refractivity contribution in [3.8, 4) is 0 Å². The highest BCUT2D eigenvalue weighted by Crippen LogP contribution is 2.16. The average molecular weight is 243 g/mol. The number of nitrogens with two attached hydrogens (primary N) is 1. The van der Waals surface area contributed by atoms with Gasteiger partial charge in [0.05, 0.1) is 0 Å². The van der Waals surface area contributed by atoms with Crippen molar-refractivity contribution in [2.45, 2.75) is 38.8 Å². The second kappa shape index (κ2) is 5.80. The van der Waals surface area contributed by atoms with Crippen molar-refractivity contribution in [3.05, 3.63) is 0 Å². The highest BCUT2D eigenvalue weighted by molar-refractivity contribution is 5.77. The van der Waals surface area contributed by atoms with Crippen LogP contribution in [-0.4, -0.2) is 65.2 Å². The second-order valence-corrected chi connectivity index (χ2v) is 5.25. The quantitative estimate of drug-likeness (QED) is 0.722. The Bertz CT molecular complexity index is 260. The fourth-order valence-electron chi connectivity index (χ4n) is 2.35. The Hall–Kier alpha value is -0.650. The normalized spacial score (nSPS) is 24.2. The third-order valence-electron chi connectivity index (χ3n) is 3.69. The molecule has 1 aliphatic rings. The van der Waals surface area contributed by atoms with Gasteiger partial charge in [-0.2, -0.15) is 0 Å². The number of likely N-dealkylation sites (N-methyl/N-ethyl adjacent to an activating group) is 1. The molecule has 0 aromatic rings. The lowest BCUT2D eigenvalue weighted by Gasteiger charge is -2.39. The van der Waals surface area contributed by atoms with E-state index < -0.39 is 11.5 Å². The van der Waals surface area contributed by atoms with Crippen LogP contribution < -0.4 is 5.73 Å². The Morgan fingerprint density at radius 2 is 1.94 bits per heavy atom. The van der Waals surface area contributed by atoms with Gasteiger partial charge in [-0.3, -0.25) is 9.69 Å². The summed E-state index contributed by atoms with van der Waals surface area (Å²) in [6, 6.07) is 0.222. The summed E-state index contributed by atoms with van der Waals surface area (Å²) in [5.41, 5.74) is 4.66. The lowest BCUT2D eigenvalue weighted by molar-refractivity contribution is -0.143. The van der Waals surface area contributed by atoms with Crippen molar-refractivity contribution in [2.75, 3.05) is 32.7 Å². The molecule has 1 aliphatic heterocycles. The zero-order valence-electron chi connectivity index (χ0n) is 11.1. The van der Waals surface area contributed by atoms with Gasteiger partial charge in [-0.15, -0.1) is 0 Å². The molecule has 1 heterocycles. The number of rotatable bonds is 5. The summed E-state index contributed by atoms with van der Waals surface area (Å²) < 4.78 is 0. The number of carbonyl (C=O) groups is 1. The van der Waals surface area contributed by atoms with Gasteiger partial charge in [-0.1, -0.05) is 6.92 Å². The molecule has 5 heteroatoms. The van der Waals surface area contributed by atoms with Crippen molar-refractivity contribution in [2.24, 2.45) is 5.73 Å². The molecule has 0 spiro atoms. The fraction of sp³-hybridized carbons (Fsp3) is 0.917. The van der Waals surface area contributed by atoms with Crippen LogP contribution in [0.15, 0.2) is 0 Å². The molecule has 1 rings (SSSR count). The van der Waals surface area contributed by atoms with E-state index in [1.54, 1.807) is 6.92 Å². The van der Waals surface area contributed by atoms with Crippen LogP contribution in [0, 0.1) is 0 Å². The second-order valence-electron chi connectivity index (χ2n) is 5.25. The SMILES string of the molecule is CCN1CCN(C(C)CC(C)(N)C(=O)O)CC1. The van der Waals surface area contributed by atoms with E-state index in [-0.39, 0.29) is 6.04 Å². The van der Waals surface area contributed by atoms with E-state index in [1.165, 1.54) is 0 Å². The standard InChI is InChI=1S/C12H25N3O2/c1-4-14-5-7-15(8-6-14)10(2)9-12(3,13)11(16)17/h10H,4-9,13H2,1-3H3,(H,16,17). The molecule has 1 fully saturated rings. The Kier molecular flexibility index (Phi) is 4.91.